The maximum atomic E-state index is 13.6. The molecule has 5 aromatic rings. The number of amides is 2. The van der Waals surface area contributed by atoms with Crippen LogP contribution in [0.2, 0.25) is 0 Å². The lowest BCUT2D eigenvalue weighted by molar-refractivity contribution is -0.0204. The highest BCUT2D eigenvalue weighted by molar-refractivity contribution is 5.97. The first-order valence-corrected chi connectivity index (χ1v) is 15.7. The molecule has 0 bridgehead atoms. The van der Waals surface area contributed by atoms with Crippen molar-refractivity contribution in [3.8, 4) is 28.4 Å². The Morgan fingerprint density at radius 3 is 2.66 bits per heavy atom. The molecule has 3 saturated carbocycles. The lowest BCUT2D eigenvalue weighted by Crippen LogP contribution is -2.53. The molecule has 5 heterocycles. The summed E-state index contributed by atoms with van der Waals surface area (Å²) in [6.45, 7) is 3.89. The molecule has 2 N–H and O–H groups in total. The van der Waals surface area contributed by atoms with Crippen LogP contribution in [0.4, 0.5) is 0 Å². The van der Waals surface area contributed by atoms with E-state index in [-0.39, 0.29) is 5.91 Å². The Morgan fingerprint density at radius 2 is 1.91 bits per heavy atom. The van der Waals surface area contributed by atoms with Gasteiger partial charge in [0.25, 0.3) is 11.8 Å². The molecule has 3 unspecified atom stereocenters. The Kier molecular flexibility index (Phi) is 5.38. The number of primary amides is 1. The molecule has 1 saturated heterocycles. The number of methoxy groups -OCH3 is 1. The van der Waals surface area contributed by atoms with E-state index in [9.17, 15) is 9.59 Å². The van der Waals surface area contributed by atoms with E-state index in [4.69, 9.17) is 20.6 Å². The summed E-state index contributed by atoms with van der Waals surface area (Å²) in [6.07, 6.45) is 6.80. The van der Waals surface area contributed by atoms with Gasteiger partial charge in [-0.15, -0.1) is 0 Å². The van der Waals surface area contributed by atoms with E-state index in [1.807, 2.05) is 41.0 Å². The maximum absolute atomic E-state index is 13.6. The number of hydrogen-bond acceptors (Lipinski definition) is 5. The van der Waals surface area contributed by atoms with Crippen LogP contribution < -0.4 is 10.5 Å². The Balaban J connectivity index is 1.11. The monoisotopic (exact) mass is 586 g/mol. The fourth-order valence-corrected chi connectivity index (χ4v) is 8.19. The number of nitrogens with zero attached hydrogens (tertiary/aromatic N) is 5. The van der Waals surface area contributed by atoms with E-state index < -0.39 is 5.91 Å². The van der Waals surface area contributed by atoms with Crippen molar-refractivity contribution in [3.63, 3.8) is 0 Å². The second-order valence-corrected chi connectivity index (χ2v) is 13.3. The van der Waals surface area contributed by atoms with Crippen molar-refractivity contribution in [1.29, 1.82) is 0 Å². The van der Waals surface area contributed by atoms with E-state index >= 15 is 0 Å². The van der Waals surface area contributed by atoms with Gasteiger partial charge in [0.2, 0.25) is 0 Å². The van der Waals surface area contributed by atoms with Gasteiger partial charge in [-0.3, -0.25) is 9.59 Å². The number of nitrogens with two attached hydrogens (primary N) is 1. The molecule has 1 aromatic carbocycles. The number of aryl methyl sites for hydroxylation is 1. The van der Waals surface area contributed by atoms with Gasteiger partial charge in [-0.05, 0) is 98.7 Å². The van der Waals surface area contributed by atoms with Gasteiger partial charge in [0, 0.05) is 41.8 Å². The van der Waals surface area contributed by atoms with Crippen molar-refractivity contribution < 1.29 is 14.3 Å². The standard InChI is InChI=1S/C35H34N6O3/c1-18-27-10-7-22(35(43)40-16-24-11-23-13-28(40)31(23)24)17-41(27)38-32(18)29-12-21-6-9-26(37-34(21)39(29)15-19-3-4-19)20-5-8-25(33(36)42)30(14-20)44-2/h5-10,12,14,17,19,23-24,28,31H,3-4,11,13,15-16H2,1-2H3,(H2,36,42)/t23?,24?,28?,31-/m1/s1. The minimum absolute atomic E-state index is 0.138. The van der Waals surface area contributed by atoms with Gasteiger partial charge in [-0.1, -0.05) is 6.07 Å². The molecule has 9 rings (SSSR count). The van der Waals surface area contributed by atoms with Crippen molar-refractivity contribution in [2.45, 2.75) is 45.2 Å². The zero-order chi connectivity index (χ0) is 29.9. The fourth-order valence-electron chi connectivity index (χ4n) is 8.19. The molecular formula is C35H34N6O3. The highest BCUT2D eigenvalue weighted by Crippen LogP contribution is 2.60. The van der Waals surface area contributed by atoms with Crippen molar-refractivity contribution in [1.82, 2.24) is 24.1 Å². The summed E-state index contributed by atoms with van der Waals surface area (Å²) in [6, 6.07) is 16.1. The van der Waals surface area contributed by atoms with Crippen molar-refractivity contribution >= 4 is 28.4 Å². The molecule has 4 fully saturated rings. The number of benzene rings is 1. The SMILES string of the molecule is COc1cc(-c2ccc3cc(-c4nn5cc(C(=O)N6CC7CC8CC6[C@H]87)ccc5c4C)n(CC4CC4)c3n2)ccc1C(N)=O. The Labute approximate surface area is 254 Å². The minimum atomic E-state index is -0.529. The number of carbonyl (C=O) groups is 2. The average Bonchev–Trinajstić information content (AvgIpc) is 3.69. The topological polar surface area (TPSA) is 108 Å². The largest absolute Gasteiger partial charge is 0.496 e. The predicted molar refractivity (Wildman–Crippen MR) is 166 cm³/mol. The van der Waals surface area contributed by atoms with Crippen LogP contribution in [0.25, 0.3) is 39.2 Å². The summed E-state index contributed by atoms with van der Waals surface area (Å²) in [5, 5.41) is 6.11. The highest BCUT2D eigenvalue weighted by atomic mass is 16.5. The van der Waals surface area contributed by atoms with Crippen LogP contribution in [-0.4, -0.2) is 55.6 Å². The summed E-state index contributed by atoms with van der Waals surface area (Å²) in [4.78, 5) is 32.7. The number of pyridine rings is 2. The number of ether oxygens (including phenoxy) is 1. The molecule has 222 valence electrons. The van der Waals surface area contributed by atoms with Gasteiger partial charge in [-0.2, -0.15) is 5.10 Å². The molecule has 4 aromatic heterocycles. The molecule has 0 spiro atoms. The molecule has 4 atom stereocenters. The van der Waals surface area contributed by atoms with Gasteiger partial charge in [0.1, 0.15) is 17.1 Å². The average molecular weight is 587 g/mol. The highest BCUT2D eigenvalue weighted by Gasteiger charge is 2.61. The van der Waals surface area contributed by atoms with Gasteiger partial charge in [0.05, 0.1) is 35.1 Å². The third kappa shape index (κ3) is 3.71. The molecule has 9 heteroatoms. The summed E-state index contributed by atoms with van der Waals surface area (Å²) in [5.41, 5.74) is 13.1. The van der Waals surface area contributed by atoms with E-state index in [0.717, 1.165) is 69.7 Å². The molecule has 44 heavy (non-hydrogen) atoms. The van der Waals surface area contributed by atoms with Crippen molar-refractivity contribution in [3.05, 3.63) is 71.4 Å². The van der Waals surface area contributed by atoms with Crippen molar-refractivity contribution in [2.24, 2.45) is 29.4 Å². The summed E-state index contributed by atoms with van der Waals surface area (Å²) in [7, 11) is 1.53. The van der Waals surface area contributed by atoms with Crippen LogP contribution in [0.3, 0.4) is 0 Å². The van der Waals surface area contributed by atoms with Crippen LogP contribution in [0.15, 0.2) is 54.7 Å². The van der Waals surface area contributed by atoms with Crippen LogP contribution in [0.5, 0.6) is 5.75 Å². The normalized spacial score (nSPS) is 23.5. The smallest absolute Gasteiger partial charge is 0.255 e. The Morgan fingerprint density at radius 1 is 1.05 bits per heavy atom. The second kappa shape index (κ2) is 9.17. The van der Waals surface area contributed by atoms with Crippen LogP contribution in [0, 0.1) is 30.6 Å². The lowest BCUT2D eigenvalue weighted by atomic mass is 9.53. The summed E-state index contributed by atoms with van der Waals surface area (Å²) < 4.78 is 9.64. The lowest BCUT2D eigenvalue weighted by Gasteiger charge is -2.52. The van der Waals surface area contributed by atoms with E-state index in [1.165, 1.54) is 32.8 Å². The van der Waals surface area contributed by atoms with Gasteiger partial charge >= 0.3 is 0 Å². The molecule has 9 nitrogen and oxygen atoms in total. The van der Waals surface area contributed by atoms with E-state index in [1.54, 1.807) is 6.07 Å². The first-order chi connectivity index (χ1) is 21.4. The maximum Gasteiger partial charge on any atom is 0.255 e. The number of carbonyl (C=O) groups excluding carboxylic acids is 2. The van der Waals surface area contributed by atoms with Crippen LogP contribution in [-0.2, 0) is 6.54 Å². The number of likely N-dealkylation sites (tertiary alicyclic amines) is 1. The second-order valence-electron chi connectivity index (χ2n) is 13.3. The quantitative estimate of drug-likeness (QED) is 0.278. The molecular weight excluding hydrogens is 552 g/mol. The first-order valence-electron chi connectivity index (χ1n) is 15.7. The van der Waals surface area contributed by atoms with Gasteiger partial charge in [0.15, 0.2) is 0 Å². The zero-order valence-corrected chi connectivity index (χ0v) is 24.9. The molecule has 2 amide bonds. The van der Waals surface area contributed by atoms with Crippen molar-refractivity contribution in [2.75, 3.05) is 13.7 Å². The summed E-state index contributed by atoms with van der Waals surface area (Å²) in [5.74, 6) is 2.98. The summed E-state index contributed by atoms with van der Waals surface area (Å²) >= 11 is 0. The van der Waals surface area contributed by atoms with Gasteiger partial charge in [-0.25, -0.2) is 9.50 Å². The molecule has 4 aliphatic rings. The molecule has 3 aliphatic carbocycles. The Hall–Kier alpha value is -4.66. The third-order valence-electron chi connectivity index (χ3n) is 10.8. The van der Waals surface area contributed by atoms with E-state index in [0.29, 0.717) is 34.8 Å². The number of rotatable bonds is 7. The minimum Gasteiger partial charge on any atom is -0.496 e. The number of fused-ring (bicyclic) bond motifs is 2. The van der Waals surface area contributed by atoms with Gasteiger partial charge < -0.3 is 19.9 Å². The zero-order valence-electron chi connectivity index (χ0n) is 24.9. The number of hydrogen-bond donors (Lipinski definition) is 1. The molecule has 1 aliphatic heterocycles. The number of aromatic nitrogens is 4. The third-order valence-corrected chi connectivity index (χ3v) is 10.8. The first kappa shape index (κ1) is 25.8. The van der Waals surface area contributed by atoms with Crippen LogP contribution >= 0.6 is 0 Å². The fraction of sp³-hybridized carbons (Fsp3) is 0.371. The van der Waals surface area contributed by atoms with E-state index in [2.05, 4.69) is 28.5 Å². The Bertz CT molecular complexity index is 2040. The molecule has 0 radical (unpaired) electrons. The predicted octanol–water partition coefficient (Wildman–Crippen LogP) is 5.32. The van der Waals surface area contributed by atoms with Crippen LogP contribution in [0.1, 0.15) is 52.0 Å².